The number of aryl methyl sites for hydroxylation is 1. The zero-order chi connectivity index (χ0) is 11.0. The summed E-state index contributed by atoms with van der Waals surface area (Å²) >= 11 is 0. The van der Waals surface area contributed by atoms with Crippen LogP contribution in [-0.2, 0) is 0 Å². The minimum atomic E-state index is -1.21. The van der Waals surface area contributed by atoms with Gasteiger partial charge in [-0.1, -0.05) is 0 Å². The van der Waals surface area contributed by atoms with Crippen LogP contribution in [0.25, 0.3) is 5.69 Å². The monoisotopic (exact) mass is 212 g/mol. The van der Waals surface area contributed by atoms with Gasteiger partial charge >= 0.3 is 0 Å². The summed E-state index contributed by atoms with van der Waals surface area (Å²) in [5.41, 5.74) is 0.695. The summed E-state index contributed by atoms with van der Waals surface area (Å²) in [4.78, 5) is 0. The normalized spacial score (nSPS) is 10.7. The maximum atomic E-state index is 13.3. The first kappa shape index (κ1) is 9.76. The van der Waals surface area contributed by atoms with Gasteiger partial charge in [0.1, 0.15) is 5.69 Å². The maximum Gasteiger partial charge on any atom is 0.161 e. The van der Waals surface area contributed by atoms with E-state index in [1.165, 1.54) is 12.4 Å². The molecule has 0 fully saturated rings. The van der Waals surface area contributed by atoms with Crippen molar-refractivity contribution >= 4 is 0 Å². The molecule has 0 unspecified atom stereocenters. The first-order valence-electron chi connectivity index (χ1n) is 4.24. The van der Waals surface area contributed by atoms with Gasteiger partial charge in [-0.05, 0) is 12.5 Å². The lowest BCUT2D eigenvalue weighted by atomic mass is 10.3. The van der Waals surface area contributed by atoms with Crippen LogP contribution in [0.1, 0.15) is 5.56 Å². The summed E-state index contributed by atoms with van der Waals surface area (Å²) in [6.45, 7) is 1.77. The minimum absolute atomic E-state index is 0.109. The second-order valence-corrected chi connectivity index (χ2v) is 3.18. The molecule has 1 heterocycles. The van der Waals surface area contributed by atoms with Crippen LogP contribution < -0.4 is 0 Å². The predicted molar refractivity (Wildman–Crippen MR) is 48.2 cm³/mol. The van der Waals surface area contributed by atoms with Crippen LogP contribution in [0.15, 0.2) is 24.5 Å². The van der Waals surface area contributed by atoms with E-state index in [4.69, 9.17) is 0 Å². The predicted octanol–water partition coefficient (Wildman–Crippen LogP) is 2.60. The molecule has 2 nitrogen and oxygen atoms in total. The van der Waals surface area contributed by atoms with Crippen molar-refractivity contribution in [3.63, 3.8) is 0 Å². The Hall–Kier alpha value is -1.78. The van der Waals surface area contributed by atoms with E-state index >= 15 is 0 Å². The summed E-state index contributed by atoms with van der Waals surface area (Å²) in [5, 5.41) is 3.81. The summed E-state index contributed by atoms with van der Waals surface area (Å²) in [6, 6.07) is 1.28. The van der Waals surface area contributed by atoms with Gasteiger partial charge in [0.15, 0.2) is 17.5 Å². The Morgan fingerprint density at radius 2 is 1.73 bits per heavy atom. The molecule has 0 spiro atoms. The standard InChI is InChI=1S/C10H7F3N2/c1-6-4-14-15(5-6)10-3-8(12)7(11)2-9(10)13/h2-5H,1H3. The van der Waals surface area contributed by atoms with Gasteiger partial charge in [0.05, 0.1) is 6.20 Å². The third-order valence-corrected chi connectivity index (χ3v) is 1.95. The highest BCUT2D eigenvalue weighted by molar-refractivity contribution is 5.34. The smallest absolute Gasteiger partial charge is 0.161 e. The fraction of sp³-hybridized carbons (Fsp3) is 0.100. The van der Waals surface area contributed by atoms with E-state index in [1.54, 1.807) is 6.92 Å². The second kappa shape index (κ2) is 3.42. The number of hydrogen-bond acceptors (Lipinski definition) is 1. The largest absolute Gasteiger partial charge is 0.238 e. The minimum Gasteiger partial charge on any atom is -0.238 e. The molecule has 0 amide bonds. The number of nitrogens with zero attached hydrogens (tertiary/aromatic N) is 2. The van der Waals surface area contributed by atoms with Crippen molar-refractivity contribution in [2.24, 2.45) is 0 Å². The molecule has 0 aliphatic heterocycles. The van der Waals surface area contributed by atoms with E-state index in [0.29, 0.717) is 6.07 Å². The van der Waals surface area contributed by atoms with Crippen molar-refractivity contribution in [1.82, 2.24) is 9.78 Å². The maximum absolute atomic E-state index is 13.3. The number of aromatic nitrogens is 2. The molecule has 0 aliphatic carbocycles. The van der Waals surface area contributed by atoms with Gasteiger partial charge in [0.2, 0.25) is 0 Å². The highest BCUT2D eigenvalue weighted by Crippen LogP contribution is 2.17. The van der Waals surface area contributed by atoms with E-state index in [-0.39, 0.29) is 5.69 Å². The third-order valence-electron chi connectivity index (χ3n) is 1.95. The highest BCUT2D eigenvalue weighted by Gasteiger charge is 2.11. The molecule has 0 aliphatic rings. The summed E-state index contributed by atoms with van der Waals surface area (Å²) in [7, 11) is 0. The lowest BCUT2D eigenvalue weighted by Gasteiger charge is -2.03. The quantitative estimate of drug-likeness (QED) is 0.664. The second-order valence-electron chi connectivity index (χ2n) is 3.18. The molecule has 78 valence electrons. The van der Waals surface area contributed by atoms with Crippen LogP contribution in [0, 0.1) is 24.4 Å². The summed E-state index contributed by atoms with van der Waals surface area (Å²) < 4.78 is 39.9. The highest BCUT2D eigenvalue weighted by atomic mass is 19.2. The molecule has 2 aromatic rings. The van der Waals surface area contributed by atoms with E-state index in [2.05, 4.69) is 5.10 Å². The lowest BCUT2D eigenvalue weighted by Crippen LogP contribution is -2.00. The Morgan fingerprint density at radius 1 is 1.07 bits per heavy atom. The van der Waals surface area contributed by atoms with Crippen LogP contribution in [0.2, 0.25) is 0 Å². The van der Waals surface area contributed by atoms with Crippen molar-refractivity contribution < 1.29 is 13.2 Å². The van der Waals surface area contributed by atoms with Gasteiger partial charge in [0.25, 0.3) is 0 Å². The Kier molecular flexibility index (Phi) is 2.22. The van der Waals surface area contributed by atoms with E-state index in [1.807, 2.05) is 0 Å². The molecule has 1 aromatic carbocycles. The number of benzene rings is 1. The van der Waals surface area contributed by atoms with Crippen molar-refractivity contribution in [2.75, 3.05) is 0 Å². The van der Waals surface area contributed by atoms with Crippen molar-refractivity contribution in [2.45, 2.75) is 6.92 Å². The first-order chi connectivity index (χ1) is 7.08. The summed E-state index contributed by atoms with van der Waals surface area (Å²) in [5.74, 6) is -3.16. The van der Waals surface area contributed by atoms with Gasteiger partial charge in [-0.15, -0.1) is 0 Å². The zero-order valence-corrected chi connectivity index (χ0v) is 7.84. The molecule has 5 heteroatoms. The van der Waals surface area contributed by atoms with Gasteiger partial charge in [0, 0.05) is 18.3 Å². The lowest BCUT2D eigenvalue weighted by molar-refractivity contribution is 0.491. The van der Waals surface area contributed by atoms with E-state index < -0.39 is 17.5 Å². The van der Waals surface area contributed by atoms with Crippen LogP contribution in [-0.4, -0.2) is 9.78 Å². The molecular weight excluding hydrogens is 205 g/mol. The Labute approximate surface area is 84.0 Å². The van der Waals surface area contributed by atoms with Crippen LogP contribution in [0.5, 0.6) is 0 Å². The molecule has 0 saturated heterocycles. The van der Waals surface area contributed by atoms with Gasteiger partial charge in [-0.25, -0.2) is 17.9 Å². The van der Waals surface area contributed by atoms with Crippen molar-refractivity contribution in [3.8, 4) is 5.69 Å². The molecule has 0 radical (unpaired) electrons. The molecular formula is C10H7F3N2. The fourth-order valence-electron chi connectivity index (χ4n) is 1.23. The Bertz CT molecular complexity index is 505. The van der Waals surface area contributed by atoms with E-state index in [9.17, 15) is 13.2 Å². The molecule has 15 heavy (non-hydrogen) atoms. The van der Waals surface area contributed by atoms with Crippen LogP contribution in [0.4, 0.5) is 13.2 Å². The van der Waals surface area contributed by atoms with E-state index in [0.717, 1.165) is 16.3 Å². The molecule has 2 rings (SSSR count). The topological polar surface area (TPSA) is 17.8 Å². The molecule has 1 aromatic heterocycles. The SMILES string of the molecule is Cc1cnn(-c2cc(F)c(F)cc2F)c1. The Balaban J connectivity index is 2.58. The molecule has 0 bridgehead atoms. The number of hydrogen-bond donors (Lipinski definition) is 0. The molecule has 0 saturated carbocycles. The average molecular weight is 212 g/mol. The van der Waals surface area contributed by atoms with Gasteiger partial charge in [-0.2, -0.15) is 5.10 Å². The van der Waals surface area contributed by atoms with Crippen LogP contribution >= 0.6 is 0 Å². The van der Waals surface area contributed by atoms with Gasteiger partial charge < -0.3 is 0 Å². The fourth-order valence-corrected chi connectivity index (χ4v) is 1.23. The van der Waals surface area contributed by atoms with Gasteiger partial charge in [-0.3, -0.25) is 0 Å². The number of rotatable bonds is 1. The van der Waals surface area contributed by atoms with Crippen molar-refractivity contribution in [3.05, 3.63) is 47.5 Å². The van der Waals surface area contributed by atoms with Crippen molar-refractivity contribution in [1.29, 1.82) is 0 Å². The molecule has 0 atom stereocenters. The zero-order valence-electron chi connectivity index (χ0n) is 7.84. The third kappa shape index (κ3) is 1.72. The summed E-state index contributed by atoms with van der Waals surface area (Å²) in [6.07, 6.45) is 3.02. The average Bonchev–Trinajstić information content (AvgIpc) is 2.58. The number of halogens is 3. The first-order valence-corrected chi connectivity index (χ1v) is 4.24. The molecule has 0 N–H and O–H groups in total. The van der Waals surface area contributed by atoms with Crippen LogP contribution in [0.3, 0.4) is 0 Å². The Morgan fingerprint density at radius 3 is 2.33 bits per heavy atom.